The maximum Gasteiger partial charge on any atom is 0.435 e. The lowest BCUT2D eigenvalue weighted by Crippen LogP contribution is -2.26. The van der Waals surface area contributed by atoms with Crippen molar-refractivity contribution in [2.45, 2.75) is 66.1 Å². The summed E-state index contributed by atoms with van der Waals surface area (Å²) in [5, 5.41) is 9.30. The van der Waals surface area contributed by atoms with E-state index in [4.69, 9.17) is 4.98 Å². The fourth-order valence-electron chi connectivity index (χ4n) is 4.54. The molecule has 5 rings (SSSR count). The SMILES string of the molecule is Cc1cc(C(F)(F)F)nn1CCc1nc2c3c4c(sc3ncn2n1)CC(C(C)(C)C)CC4. The Kier molecular flexibility index (Phi) is 4.85. The van der Waals surface area contributed by atoms with Crippen LogP contribution in [0.4, 0.5) is 13.2 Å². The van der Waals surface area contributed by atoms with Gasteiger partial charge in [0.2, 0.25) is 0 Å². The van der Waals surface area contributed by atoms with Gasteiger partial charge in [0.05, 0.1) is 5.39 Å². The zero-order chi connectivity index (χ0) is 22.8. The highest BCUT2D eigenvalue weighted by Crippen LogP contribution is 2.43. The maximum atomic E-state index is 12.9. The first-order valence-electron chi connectivity index (χ1n) is 10.8. The van der Waals surface area contributed by atoms with Gasteiger partial charge in [-0.25, -0.2) is 14.5 Å². The summed E-state index contributed by atoms with van der Waals surface area (Å²) in [6, 6.07) is 1.06. The Morgan fingerprint density at radius 1 is 1.19 bits per heavy atom. The van der Waals surface area contributed by atoms with Crippen LogP contribution in [-0.2, 0) is 32.0 Å². The number of halogens is 3. The predicted octanol–water partition coefficient (Wildman–Crippen LogP) is 5.26. The lowest BCUT2D eigenvalue weighted by molar-refractivity contribution is -0.141. The Morgan fingerprint density at radius 3 is 2.66 bits per heavy atom. The van der Waals surface area contributed by atoms with E-state index >= 15 is 0 Å². The Morgan fingerprint density at radius 2 is 1.97 bits per heavy atom. The number of aryl methyl sites for hydroxylation is 4. The first-order chi connectivity index (χ1) is 15.0. The molecule has 0 saturated heterocycles. The third kappa shape index (κ3) is 3.68. The predicted molar refractivity (Wildman–Crippen MR) is 117 cm³/mol. The van der Waals surface area contributed by atoms with Crippen LogP contribution in [0.2, 0.25) is 0 Å². The molecule has 1 unspecified atom stereocenters. The maximum absolute atomic E-state index is 12.9. The molecule has 0 radical (unpaired) electrons. The largest absolute Gasteiger partial charge is 0.435 e. The van der Waals surface area contributed by atoms with Crippen molar-refractivity contribution in [2.24, 2.45) is 11.3 Å². The van der Waals surface area contributed by atoms with E-state index in [1.807, 2.05) is 0 Å². The summed E-state index contributed by atoms with van der Waals surface area (Å²) in [6.45, 7) is 8.81. The monoisotopic (exact) mass is 462 g/mol. The standard InChI is InChI=1S/C22H25F3N6S/c1-12-9-16(22(23,24)25)28-30(12)8-7-17-27-19-18-14-6-5-13(21(2,3)4)10-15(14)32-20(18)26-11-31(19)29-17/h9,11,13H,5-8,10H2,1-4H3. The zero-order valence-electron chi connectivity index (χ0n) is 18.5. The van der Waals surface area contributed by atoms with Crippen LogP contribution in [0, 0.1) is 18.3 Å². The lowest BCUT2D eigenvalue weighted by atomic mass is 9.72. The summed E-state index contributed by atoms with van der Waals surface area (Å²) < 4.78 is 41.8. The first-order valence-corrected chi connectivity index (χ1v) is 11.6. The summed E-state index contributed by atoms with van der Waals surface area (Å²) in [4.78, 5) is 11.7. The van der Waals surface area contributed by atoms with E-state index in [0.29, 0.717) is 23.9 Å². The van der Waals surface area contributed by atoms with E-state index in [1.54, 1.807) is 29.1 Å². The van der Waals surface area contributed by atoms with Gasteiger partial charge in [0, 0.05) is 23.5 Å². The molecule has 4 aromatic heterocycles. The molecule has 0 bridgehead atoms. The highest BCUT2D eigenvalue weighted by molar-refractivity contribution is 7.19. The van der Waals surface area contributed by atoms with Gasteiger partial charge in [0.1, 0.15) is 11.2 Å². The number of fused-ring (bicyclic) bond motifs is 5. The second-order valence-electron chi connectivity index (χ2n) is 9.67. The van der Waals surface area contributed by atoms with Gasteiger partial charge in [-0.05, 0) is 49.1 Å². The van der Waals surface area contributed by atoms with Crippen molar-refractivity contribution >= 4 is 27.2 Å². The van der Waals surface area contributed by atoms with E-state index < -0.39 is 11.9 Å². The quantitative estimate of drug-likeness (QED) is 0.417. The van der Waals surface area contributed by atoms with Gasteiger partial charge in [0.25, 0.3) is 0 Å². The van der Waals surface area contributed by atoms with E-state index in [9.17, 15) is 13.2 Å². The molecule has 0 fully saturated rings. The van der Waals surface area contributed by atoms with Crippen LogP contribution in [-0.4, -0.2) is 29.4 Å². The Hall–Kier alpha value is -2.49. The molecule has 0 saturated carbocycles. The smallest absolute Gasteiger partial charge is 0.269 e. The average Bonchev–Trinajstić information content (AvgIpc) is 3.38. The van der Waals surface area contributed by atoms with Gasteiger partial charge in [-0.2, -0.15) is 18.3 Å². The summed E-state index contributed by atoms with van der Waals surface area (Å²) in [6.07, 6.45) is 0.837. The molecular formula is C22H25F3N6S. The molecule has 6 nitrogen and oxygen atoms in total. The van der Waals surface area contributed by atoms with E-state index in [2.05, 4.69) is 36.0 Å². The second kappa shape index (κ2) is 7.26. The summed E-state index contributed by atoms with van der Waals surface area (Å²) in [5.41, 5.74) is 1.98. The third-order valence-electron chi connectivity index (χ3n) is 6.47. The Bertz CT molecular complexity index is 1310. The van der Waals surface area contributed by atoms with E-state index in [1.165, 1.54) is 15.1 Å². The van der Waals surface area contributed by atoms with Gasteiger partial charge in [0.15, 0.2) is 17.2 Å². The number of nitrogens with zero attached hydrogens (tertiary/aromatic N) is 6. The molecule has 32 heavy (non-hydrogen) atoms. The number of alkyl halides is 3. The van der Waals surface area contributed by atoms with Crippen molar-refractivity contribution in [2.75, 3.05) is 0 Å². The van der Waals surface area contributed by atoms with Crippen molar-refractivity contribution in [1.82, 2.24) is 29.4 Å². The topological polar surface area (TPSA) is 60.9 Å². The molecule has 170 valence electrons. The molecule has 1 atom stereocenters. The molecule has 1 aliphatic carbocycles. The van der Waals surface area contributed by atoms with Crippen LogP contribution >= 0.6 is 11.3 Å². The van der Waals surface area contributed by atoms with Crippen molar-refractivity contribution in [3.8, 4) is 0 Å². The number of rotatable bonds is 3. The molecular weight excluding hydrogens is 437 g/mol. The highest BCUT2D eigenvalue weighted by Gasteiger charge is 2.34. The molecule has 1 aliphatic rings. The lowest BCUT2D eigenvalue weighted by Gasteiger charge is -2.33. The molecule has 0 amide bonds. The molecule has 0 aromatic carbocycles. The number of hydrogen-bond acceptors (Lipinski definition) is 5. The van der Waals surface area contributed by atoms with Gasteiger partial charge >= 0.3 is 6.18 Å². The average molecular weight is 463 g/mol. The van der Waals surface area contributed by atoms with Gasteiger partial charge in [-0.3, -0.25) is 4.68 Å². The van der Waals surface area contributed by atoms with E-state index in [0.717, 1.165) is 41.2 Å². The summed E-state index contributed by atoms with van der Waals surface area (Å²) in [5.74, 6) is 1.22. The fraction of sp³-hybridized carbons (Fsp3) is 0.545. The first kappa shape index (κ1) is 21.4. The van der Waals surface area contributed by atoms with Crippen molar-refractivity contribution in [3.05, 3.63) is 40.0 Å². The van der Waals surface area contributed by atoms with Crippen LogP contribution in [0.25, 0.3) is 15.9 Å². The number of hydrogen-bond donors (Lipinski definition) is 0. The third-order valence-corrected chi connectivity index (χ3v) is 7.64. The molecule has 0 aliphatic heterocycles. The molecule has 0 spiro atoms. The van der Waals surface area contributed by atoms with Gasteiger partial charge in [-0.1, -0.05) is 20.8 Å². The zero-order valence-corrected chi connectivity index (χ0v) is 19.3. The second-order valence-corrected chi connectivity index (χ2v) is 10.8. The summed E-state index contributed by atoms with van der Waals surface area (Å²) >= 11 is 1.75. The number of thiophene rings is 1. The molecule has 4 heterocycles. The van der Waals surface area contributed by atoms with Gasteiger partial charge < -0.3 is 0 Å². The Labute approximate surface area is 187 Å². The van der Waals surface area contributed by atoms with Crippen LogP contribution in [0.15, 0.2) is 12.4 Å². The van der Waals surface area contributed by atoms with Gasteiger partial charge in [-0.15, -0.1) is 16.4 Å². The highest BCUT2D eigenvalue weighted by atomic mass is 32.1. The minimum Gasteiger partial charge on any atom is -0.269 e. The van der Waals surface area contributed by atoms with Crippen LogP contribution < -0.4 is 0 Å². The van der Waals surface area contributed by atoms with Crippen LogP contribution in [0.5, 0.6) is 0 Å². The molecule has 4 aromatic rings. The summed E-state index contributed by atoms with van der Waals surface area (Å²) in [7, 11) is 0. The van der Waals surface area contributed by atoms with Crippen LogP contribution in [0.3, 0.4) is 0 Å². The number of aromatic nitrogens is 6. The minimum absolute atomic E-state index is 0.273. The molecule has 0 N–H and O–H groups in total. The van der Waals surface area contributed by atoms with Crippen molar-refractivity contribution < 1.29 is 13.2 Å². The van der Waals surface area contributed by atoms with Crippen molar-refractivity contribution in [3.63, 3.8) is 0 Å². The minimum atomic E-state index is -4.45. The van der Waals surface area contributed by atoms with Crippen LogP contribution in [0.1, 0.15) is 54.8 Å². The Balaban J connectivity index is 1.44. The van der Waals surface area contributed by atoms with Crippen molar-refractivity contribution in [1.29, 1.82) is 0 Å². The molecule has 10 heteroatoms. The normalized spacial score (nSPS) is 17.4. The van der Waals surface area contributed by atoms with E-state index in [-0.39, 0.29) is 12.0 Å². The fourth-order valence-corrected chi connectivity index (χ4v) is 5.81.